The molecule has 0 amide bonds. The molecule has 5 nitrogen and oxygen atoms in total. The average Bonchev–Trinajstić information content (AvgIpc) is 2.68. The maximum atomic E-state index is 12.2. The maximum Gasteiger partial charge on any atom is 0.345 e. The van der Waals surface area contributed by atoms with Crippen molar-refractivity contribution in [1.82, 2.24) is 19.7 Å². The van der Waals surface area contributed by atoms with Crippen LogP contribution >= 0.6 is 0 Å². The monoisotopic (exact) mass is 252 g/mol. The van der Waals surface area contributed by atoms with E-state index in [1.54, 1.807) is 4.68 Å². The lowest BCUT2D eigenvalue weighted by atomic mass is 10.1. The lowest BCUT2D eigenvalue weighted by Gasteiger charge is -2.16. The molecule has 0 aromatic carbocycles. The van der Waals surface area contributed by atoms with Crippen molar-refractivity contribution in [3.05, 3.63) is 16.3 Å². The van der Waals surface area contributed by atoms with Gasteiger partial charge in [0, 0.05) is 19.0 Å². The Kier molecular flexibility index (Phi) is 4.58. The summed E-state index contributed by atoms with van der Waals surface area (Å²) in [5.74, 6) is 0.970. The molecule has 0 saturated carbocycles. The van der Waals surface area contributed by atoms with Gasteiger partial charge in [0.15, 0.2) is 0 Å². The summed E-state index contributed by atoms with van der Waals surface area (Å²) in [6, 6.07) is 0.356. The van der Waals surface area contributed by atoms with Crippen LogP contribution in [-0.2, 0) is 19.5 Å². The third kappa shape index (κ3) is 2.83. The summed E-state index contributed by atoms with van der Waals surface area (Å²) in [5, 5.41) is 7.91. The van der Waals surface area contributed by atoms with E-state index in [4.69, 9.17) is 0 Å². The minimum absolute atomic E-state index is 0.0729. The number of likely N-dealkylation sites (N-methyl/N-ethyl adjacent to an activating group) is 1. The Morgan fingerprint density at radius 1 is 1.39 bits per heavy atom. The average molecular weight is 252 g/mol. The van der Waals surface area contributed by atoms with Crippen molar-refractivity contribution in [1.29, 1.82) is 0 Å². The zero-order chi connectivity index (χ0) is 13.0. The molecule has 1 atom stereocenters. The van der Waals surface area contributed by atoms with Gasteiger partial charge >= 0.3 is 5.69 Å². The SMILES string of the molecule is CCCC(Cn1nc2n(c1=O)CCCC2)NCC. The highest BCUT2D eigenvalue weighted by atomic mass is 16.2. The largest absolute Gasteiger partial charge is 0.345 e. The van der Waals surface area contributed by atoms with E-state index in [1.807, 2.05) is 4.57 Å². The van der Waals surface area contributed by atoms with Gasteiger partial charge in [0.2, 0.25) is 0 Å². The molecule has 5 heteroatoms. The third-order valence-corrected chi connectivity index (χ3v) is 3.55. The van der Waals surface area contributed by atoms with Crippen LogP contribution in [0.4, 0.5) is 0 Å². The minimum atomic E-state index is 0.0729. The van der Waals surface area contributed by atoms with Gasteiger partial charge in [-0.25, -0.2) is 9.48 Å². The van der Waals surface area contributed by atoms with Crippen LogP contribution in [0, 0.1) is 0 Å². The predicted molar refractivity (Wildman–Crippen MR) is 71.8 cm³/mol. The van der Waals surface area contributed by atoms with E-state index in [9.17, 15) is 4.79 Å². The molecule has 2 heterocycles. The first kappa shape index (κ1) is 13.3. The van der Waals surface area contributed by atoms with Crippen LogP contribution in [0.1, 0.15) is 45.4 Å². The number of hydrogen-bond acceptors (Lipinski definition) is 3. The molecule has 0 fully saturated rings. The number of aromatic nitrogens is 3. The van der Waals surface area contributed by atoms with Gasteiger partial charge in [0.25, 0.3) is 0 Å². The lowest BCUT2D eigenvalue weighted by molar-refractivity contribution is 0.400. The van der Waals surface area contributed by atoms with Crippen LogP contribution in [0.2, 0.25) is 0 Å². The summed E-state index contributed by atoms with van der Waals surface area (Å²) in [4.78, 5) is 12.2. The Bertz CT molecular complexity index is 429. The van der Waals surface area contributed by atoms with Crippen LogP contribution in [-0.4, -0.2) is 26.9 Å². The van der Waals surface area contributed by atoms with Crippen molar-refractivity contribution in [2.45, 2.75) is 65.1 Å². The van der Waals surface area contributed by atoms with Crippen LogP contribution in [0.3, 0.4) is 0 Å². The normalized spacial score (nSPS) is 16.6. The Labute approximate surface area is 108 Å². The van der Waals surface area contributed by atoms with E-state index >= 15 is 0 Å². The van der Waals surface area contributed by atoms with Crippen LogP contribution in [0.25, 0.3) is 0 Å². The minimum Gasteiger partial charge on any atom is -0.312 e. The van der Waals surface area contributed by atoms with Gasteiger partial charge in [-0.1, -0.05) is 20.3 Å². The van der Waals surface area contributed by atoms with E-state index in [0.717, 1.165) is 51.0 Å². The summed E-state index contributed by atoms with van der Waals surface area (Å²) >= 11 is 0. The molecule has 0 radical (unpaired) electrons. The molecular formula is C13H24N4O. The van der Waals surface area contributed by atoms with E-state index in [-0.39, 0.29) is 5.69 Å². The van der Waals surface area contributed by atoms with Crippen molar-refractivity contribution < 1.29 is 0 Å². The summed E-state index contributed by atoms with van der Waals surface area (Å²) in [7, 11) is 0. The second kappa shape index (κ2) is 6.18. The van der Waals surface area contributed by atoms with Crippen molar-refractivity contribution in [2.24, 2.45) is 0 Å². The van der Waals surface area contributed by atoms with Crippen molar-refractivity contribution in [3.63, 3.8) is 0 Å². The topological polar surface area (TPSA) is 51.9 Å². The van der Waals surface area contributed by atoms with E-state index in [2.05, 4.69) is 24.3 Å². The van der Waals surface area contributed by atoms with Gasteiger partial charge in [-0.3, -0.25) is 4.57 Å². The third-order valence-electron chi connectivity index (χ3n) is 3.55. The number of aryl methyl sites for hydroxylation is 1. The van der Waals surface area contributed by atoms with Gasteiger partial charge in [-0.2, -0.15) is 5.10 Å². The molecular weight excluding hydrogens is 228 g/mol. The standard InChI is InChI=1S/C13H24N4O/c1-3-7-11(14-4-2)10-17-13(18)16-9-6-5-8-12(16)15-17/h11,14H,3-10H2,1-2H3. The second-order valence-corrected chi connectivity index (χ2v) is 5.03. The van der Waals surface area contributed by atoms with E-state index < -0.39 is 0 Å². The van der Waals surface area contributed by atoms with Gasteiger partial charge in [-0.05, 0) is 25.8 Å². The highest BCUT2D eigenvalue weighted by molar-refractivity contribution is 4.91. The number of fused-ring (bicyclic) bond motifs is 1. The van der Waals surface area contributed by atoms with Crippen LogP contribution < -0.4 is 11.0 Å². The van der Waals surface area contributed by atoms with E-state index in [0.29, 0.717) is 12.6 Å². The zero-order valence-corrected chi connectivity index (χ0v) is 11.5. The number of nitrogens with zero attached hydrogens (tertiary/aromatic N) is 3. The Hall–Kier alpha value is -1.10. The van der Waals surface area contributed by atoms with Gasteiger partial charge < -0.3 is 5.32 Å². The molecule has 1 aromatic heterocycles. The van der Waals surface area contributed by atoms with E-state index in [1.165, 1.54) is 0 Å². The highest BCUT2D eigenvalue weighted by Crippen LogP contribution is 2.09. The zero-order valence-electron chi connectivity index (χ0n) is 11.5. The molecule has 102 valence electrons. The fourth-order valence-corrected chi connectivity index (χ4v) is 2.67. The van der Waals surface area contributed by atoms with Gasteiger partial charge in [-0.15, -0.1) is 0 Å². The predicted octanol–water partition coefficient (Wildman–Crippen LogP) is 1.16. The van der Waals surface area contributed by atoms with Crippen molar-refractivity contribution >= 4 is 0 Å². The number of nitrogens with one attached hydrogen (secondary N) is 1. The molecule has 18 heavy (non-hydrogen) atoms. The van der Waals surface area contributed by atoms with Gasteiger partial charge in [0.05, 0.1) is 6.54 Å². The summed E-state index contributed by atoms with van der Waals surface area (Å²) in [6.45, 7) is 6.75. The molecule has 0 aliphatic carbocycles. The fraction of sp³-hybridized carbons (Fsp3) is 0.846. The molecule has 1 unspecified atom stereocenters. The molecule has 0 saturated heterocycles. The first-order chi connectivity index (χ1) is 8.76. The summed E-state index contributed by atoms with van der Waals surface area (Å²) < 4.78 is 3.50. The van der Waals surface area contributed by atoms with Crippen LogP contribution in [0.15, 0.2) is 4.79 Å². The molecule has 1 aliphatic heterocycles. The summed E-state index contributed by atoms with van der Waals surface area (Å²) in [6.07, 6.45) is 5.41. The molecule has 2 rings (SSSR count). The van der Waals surface area contributed by atoms with Crippen LogP contribution in [0.5, 0.6) is 0 Å². The number of hydrogen-bond donors (Lipinski definition) is 1. The van der Waals surface area contributed by atoms with Crippen molar-refractivity contribution in [3.8, 4) is 0 Å². The maximum absolute atomic E-state index is 12.2. The fourth-order valence-electron chi connectivity index (χ4n) is 2.67. The molecule has 1 aliphatic rings. The Morgan fingerprint density at radius 3 is 2.89 bits per heavy atom. The smallest absolute Gasteiger partial charge is 0.312 e. The van der Waals surface area contributed by atoms with Crippen molar-refractivity contribution in [2.75, 3.05) is 6.54 Å². The first-order valence-corrected chi connectivity index (χ1v) is 7.16. The summed E-state index contributed by atoms with van der Waals surface area (Å²) in [5.41, 5.74) is 0.0729. The molecule has 0 spiro atoms. The molecule has 0 bridgehead atoms. The lowest BCUT2D eigenvalue weighted by Crippen LogP contribution is -2.37. The Morgan fingerprint density at radius 2 is 2.22 bits per heavy atom. The highest BCUT2D eigenvalue weighted by Gasteiger charge is 2.18. The van der Waals surface area contributed by atoms with Gasteiger partial charge in [0.1, 0.15) is 5.82 Å². The first-order valence-electron chi connectivity index (χ1n) is 7.16. The number of rotatable bonds is 6. The quantitative estimate of drug-likeness (QED) is 0.826. The second-order valence-electron chi connectivity index (χ2n) is 5.03. The Balaban J connectivity index is 2.12. The molecule has 1 aromatic rings. The molecule has 1 N–H and O–H groups in total.